The number of carbonyl (C=O) groups is 2. The highest BCUT2D eigenvalue weighted by atomic mass is 32.1. The fourth-order valence-electron chi connectivity index (χ4n) is 6.78. The minimum atomic E-state index is -0.168. The van der Waals surface area contributed by atoms with E-state index >= 15 is 0 Å². The van der Waals surface area contributed by atoms with Crippen molar-refractivity contribution in [2.45, 2.75) is 77.0 Å². The zero-order valence-electron chi connectivity index (χ0n) is 17.3. The third kappa shape index (κ3) is 4.10. The van der Waals surface area contributed by atoms with Crippen LogP contribution in [0.2, 0.25) is 0 Å². The van der Waals surface area contributed by atoms with Crippen LogP contribution in [0.5, 0.6) is 0 Å². The van der Waals surface area contributed by atoms with Gasteiger partial charge in [-0.05, 0) is 88.4 Å². The Morgan fingerprint density at radius 2 is 1.69 bits per heavy atom. The molecule has 5 nitrogen and oxygen atoms in total. The lowest BCUT2D eigenvalue weighted by atomic mass is 9.49. The number of hydrogen-bond acceptors (Lipinski definition) is 4. The number of nitrogens with one attached hydrogen (secondary N) is 2. The summed E-state index contributed by atoms with van der Waals surface area (Å²) in [6.45, 7) is 0.766. The average Bonchev–Trinajstić information content (AvgIpc) is 3.11. The van der Waals surface area contributed by atoms with Gasteiger partial charge in [-0.3, -0.25) is 9.59 Å². The monoisotopic (exact) mass is 415 g/mol. The zero-order valence-corrected chi connectivity index (χ0v) is 18.1. The van der Waals surface area contributed by atoms with Gasteiger partial charge in [-0.2, -0.15) is 0 Å². The standard InChI is InChI=1S/C23H33N3O2S/c27-20(24-7-3-6-21-26-18-4-1-2-5-19(18)29-21)14-25-22(28)23-11-15-8-16(12-23)10-17(9-15)13-23/h15-17H,1-14H2,(H,24,27)(H,25,28). The van der Waals surface area contributed by atoms with Crippen LogP contribution in [0.15, 0.2) is 0 Å². The van der Waals surface area contributed by atoms with Crippen molar-refractivity contribution < 1.29 is 9.59 Å². The molecule has 0 atom stereocenters. The summed E-state index contributed by atoms with van der Waals surface area (Å²) >= 11 is 1.85. The quantitative estimate of drug-likeness (QED) is 0.671. The normalized spacial score (nSPS) is 32.1. The predicted molar refractivity (Wildman–Crippen MR) is 114 cm³/mol. The zero-order chi connectivity index (χ0) is 19.8. The summed E-state index contributed by atoms with van der Waals surface area (Å²) in [5.74, 6) is 2.31. The Bertz CT molecular complexity index is 728. The molecular formula is C23H33N3O2S. The lowest BCUT2D eigenvalue weighted by Gasteiger charge is -2.55. The van der Waals surface area contributed by atoms with E-state index in [9.17, 15) is 9.59 Å². The number of aryl methyl sites for hydroxylation is 3. The molecule has 1 heterocycles. The van der Waals surface area contributed by atoms with Gasteiger partial charge in [0.15, 0.2) is 0 Å². The first-order chi connectivity index (χ1) is 14.1. The van der Waals surface area contributed by atoms with Crippen molar-refractivity contribution in [3.05, 3.63) is 15.6 Å². The summed E-state index contributed by atoms with van der Waals surface area (Å²) in [6, 6.07) is 0. The molecule has 158 valence electrons. The highest BCUT2D eigenvalue weighted by Gasteiger charge is 2.54. The van der Waals surface area contributed by atoms with Gasteiger partial charge in [-0.25, -0.2) is 4.98 Å². The van der Waals surface area contributed by atoms with Crippen LogP contribution in [0.4, 0.5) is 0 Å². The van der Waals surface area contributed by atoms with E-state index in [2.05, 4.69) is 10.6 Å². The molecule has 5 aliphatic rings. The summed E-state index contributed by atoms with van der Waals surface area (Å²) in [5, 5.41) is 7.15. The summed E-state index contributed by atoms with van der Waals surface area (Å²) in [5.41, 5.74) is 1.14. The molecule has 4 saturated carbocycles. The van der Waals surface area contributed by atoms with Crippen molar-refractivity contribution in [1.29, 1.82) is 0 Å². The minimum absolute atomic E-state index is 0.0680. The molecular weight excluding hydrogens is 382 g/mol. The van der Waals surface area contributed by atoms with Crippen LogP contribution in [-0.4, -0.2) is 29.9 Å². The second-order valence-corrected chi connectivity index (χ2v) is 11.2. The van der Waals surface area contributed by atoms with Crippen molar-refractivity contribution in [3.8, 4) is 0 Å². The van der Waals surface area contributed by atoms with E-state index in [1.54, 1.807) is 0 Å². The Kier molecular flexibility index (Phi) is 5.39. The fraction of sp³-hybridized carbons (Fsp3) is 0.783. The smallest absolute Gasteiger partial charge is 0.239 e. The topological polar surface area (TPSA) is 71.1 Å². The summed E-state index contributed by atoms with van der Waals surface area (Å²) in [4.78, 5) is 31.4. The van der Waals surface area contributed by atoms with E-state index in [-0.39, 0.29) is 23.8 Å². The van der Waals surface area contributed by atoms with Gasteiger partial charge in [0, 0.05) is 23.3 Å². The number of rotatable bonds is 7. The Hall–Kier alpha value is -1.43. The third-order valence-corrected chi connectivity index (χ3v) is 8.93. The molecule has 0 spiro atoms. The molecule has 1 aromatic heterocycles. The maximum atomic E-state index is 12.9. The summed E-state index contributed by atoms with van der Waals surface area (Å²) in [7, 11) is 0. The van der Waals surface area contributed by atoms with E-state index in [0.29, 0.717) is 6.54 Å². The van der Waals surface area contributed by atoms with Crippen molar-refractivity contribution in [3.63, 3.8) is 0 Å². The number of amides is 2. The van der Waals surface area contributed by atoms with E-state index < -0.39 is 0 Å². The number of carbonyl (C=O) groups excluding carboxylic acids is 2. The highest BCUT2D eigenvalue weighted by molar-refractivity contribution is 7.11. The van der Waals surface area contributed by atoms with E-state index in [0.717, 1.165) is 56.3 Å². The molecule has 0 aromatic carbocycles. The number of aromatic nitrogens is 1. The molecule has 1 aromatic rings. The maximum absolute atomic E-state index is 12.9. The number of hydrogen-bond donors (Lipinski definition) is 2. The lowest BCUT2D eigenvalue weighted by molar-refractivity contribution is -0.147. The fourth-order valence-corrected chi connectivity index (χ4v) is 7.98. The number of nitrogens with zero attached hydrogens (tertiary/aromatic N) is 1. The van der Waals surface area contributed by atoms with Crippen LogP contribution >= 0.6 is 11.3 Å². The summed E-state index contributed by atoms with van der Waals surface area (Å²) < 4.78 is 0. The van der Waals surface area contributed by atoms with Gasteiger partial charge in [-0.15, -0.1) is 11.3 Å². The largest absolute Gasteiger partial charge is 0.355 e. The molecule has 0 unspecified atom stereocenters. The molecule has 2 amide bonds. The molecule has 6 heteroatoms. The Balaban J connectivity index is 1.03. The molecule has 29 heavy (non-hydrogen) atoms. The molecule has 0 saturated heterocycles. The second kappa shape index (κ2) is 8.01. The van der Waals surface area contributed by atoms with E-state index in [1.165, 1.54) is 54.1 Å². The van der Waals surface area contributed by atoms with Crippen LogP contribution in [0.25, 0.3) is 0 Å². The van der Waals surface area contributed by atoms with E-state index in [4.69, 9.17) is 4.98 Å². The Morgan fingerprint density at radius 3 is 2.38 bits per heavy atom. The second-order valence-electron chi connectivity index (χ2n) is 10.0. The third-order valence-electron chi connectivity index (χ3n) is 7.71. The molecule has 2 N–H and O–H groups in total. The van der Waals surface area contributed by atoms with E-state index in [1.807, 2.05) is 11.3 Å². The molecule has 6 rings (SSSR count). The van der Waals surface area contributed by atoms with Crippen LogP contribution in [0.1, 0.15) is 73.4 Å². The van der Waals surface area contributed by atoms with Crippen molar-refractivity contribution in [2.75, 3.05) is 13.1 Å². The first kappa shape index (κ1) is 19.5. The van der Waals surface area contributed by atoms with Gasteiger partial charge in [-0.1, -0.05) is 0 Å². The Morgan fingerprint density at radius 1 is 1.00 bits per heavy atom. The number of fused-ring (bicyclic) bond motifs is 1. The van der Waals surface area contributed by atoms with Crippen molar-refractivity contribution in [2.24, 2.45) is 23.2 Å². The van der Waals surface area contributed by atoms with Gasteiger partial charge in [0.25, 0.3) is 0 Å². The number of thiazole rings is 1. The first-order valence-corrected chi connectivity index (χ1v) is 12.4. The van der Waals surface area contributed by atoms with Crippen molar-refractivity contribution in [1.82, 2.24) is 15.6 Å². The lowest BCUT2D eigenvalue weighted by Crippen LogP contribution is -2.54. The van der Waals surface area contributed by atoms with Gasteiger partial charge >= 0.3 is 0 Å². The highest BCUT2D eigenvalue weighted by Crippen LogP contribution is 2.60. The van der Waals surface area contributed by atoms with Crippen LogP contribution in [-0.2, 0) is 28.9 Å². The van der Waals surface area contributed by atoms with Gasteiger partial charge in [0.05, 0.1) is 17.2 Å². The van der Waals surface area contributed by atoms with Crippen LogP contribution in [0, 0.1) is 23.2 Å². The van der Waals surface area contributed by atoms with Crippen LogP contribution in [0.3, 0.4) is 0 Å². The molecule has 4 bridgehead atoms. The minimum Gasteiger partial charge on any atom is -0.355 e. The van der Waals surface area contributed by atoms with Gasteiger partial charge < -0.3 is 10.6 Å². The van der Waals surface area contributed by atoms with Crippen LogP contribution < -0.4 is 10.6 Å². The molecule has 0 radical (unpaired) electrons. The average molecular weight is 416 g/mol. The van der Waals surface area contributed by atoms with Gasteiger partial charge in [0.2, 0.25) is 11.8 Å². The molecule has 0 aliphatic heterocycles. The molecule has 5 aliphatic carbocycles. The Labute approximate surface area is 177 Å². The van der Waals surface area contributed by atoms with Gasteiger partial charge in [0.1, 0.15) is 0 Å². The predicted octanol–water partition coefficient (Wildman–Crippen LogP) is 3.40. The molecule has 4 fully saturated rings. The maximum Gasteiger partial charge on any atom is 0.239 e. The SMILES string of the molecule is O=C(CNC(=O)C12CC3CC(CC(C3)C1)C2)NCCCc1nc2c(s1)CCCC2. The first-order valence-electron chi connectivity index (χ1n) is 11.6. The summed E-state index contributed by atoms with van der Waals surface area (Å²) in [6.07, 6.45) is 13.8. The van der Waals surface area contributed by atoms with Crippen molar-refractivity contribution >= 4 is 23.2 Å².